The van der Waals surface area contributed by atoms with Gasteiger partial charge in [0.1, 0.15) is 0 Å². The minimum Gasteiger partial charge on any atom is -0.359 e. The molecule has 1 aliphatic rings. The summed E-state index contributed by atoms with van der Waals surface area (Å²) < 4.78 is 2.05. The molecule has 0 aliphatic heterocycles. The van der Waals surface area contributed by atoms with Crippen LogP contribution in [0.2, 0.25) is 0 Å². The predicted octanol–water partition coefficient (Wildman–Crippen LogP) is 1.78. The molecular weight excluding hydrogens is 280 g/mol. The van der Waals surface area contributed by atoms with Crippen LogP contribution in [0.5, 0.6) is 0 Å². The number of rotatable bonds is 7. The molecule has 1 aromatic heterocycles. The Morgan fingerprint density at radius 2 is 2.14 bits per heavy atom. The van der Waals surface area contributed by atoms with E-state index < -0.39 is 0 Å². The largest absolute Gasteiger partial charge is 0.359 e. The molecule has 0 saturated heterocycles. The molecule has 1 heterocycles. The van der Waals surface area contributed by atoms with Gasteiger partial charge in [-0.05, 0) is 25.3 Å². The summed E-state index contributed by atoms with van der Waals surface area (Å²) in [6.45, 7) is 2.40. The summed E-state index contributed by atoms with van der Waals surface area (Å²) in [7, 11) is 1.59. The van der Waals surface area contributed by atoms with Crippen LogP contribution in [-0.2, 0) is 16.1 Å². The molecule has 0 spiro atoms. The highest BCUT2D eigenvalue weighted by Crippen LogP contribution is 2.29. The van der Waals surface area contributed by atoms with E-state index in [1.54, 1.807) is 13.2 Å². The lowest BCUT2D eigenvalue weighted by Crippen LogP contribution is -2.34. The summed E-state index contributed by atoms with van der Waals surface area (Å²) in [4.78, 5) is 23.7. The fourth-order valence-corrected chi connectivity index (χ4v) is 3.03. The van der Waals surface area contributed by atoms with Crippen molar-refractivity contribution in [3.8, 4) is 0 Å². The zero-order valence-electron chi connectivity index (χ0n) is 13.5. The SMILES string of the molecule is CCC(CC(=O)NC)C(=O)NCc1ccnn1C1CCCC1. The molecule has 2 rings (SSSR count). The predicted molar refractivity (Wildman–Crippen MR) is 84.0 cm³/mol. The first-order chi connectivity index (χ1) is 10.7. The summed E-state index contributed by atoms with van der Waals surface area (Å²) in [5.41, 5.74) is 1.04. The Balaban J connectivity index is 1.90. The van der Waals surface area contributed by atoms with Gasteiger partial charge in [0.25, 0.3) is 0 Å². The number of nitrogens with one attached hydrogen (secondary N) is 2. The topological polar surface area (TPSA) is 76.0 Å². The van der Waals surface area contributed by atoms with Gasteiger partial charge in [0.05, 0.1) is 18.3 Å². The van der Waals surface area contributed by atoms with Crippen LogP contribution < -0.4 is 10.6 Å². The number of amides is 2. The van der Waals surface area contributed by atoms with Crippen LogP contribution in [0.1, 0.15) is 57.2 Å². The van der Waals surface area contributed by atoms with Gasteiger partial charge in [0, 0.05) is 25.6 Å². The van der Waals surface area contributed by atoms with Gasteiger partial charge in [-0.2, -0.15) is 5.10 Å². The molecule has 1 saturated carbocycles. The smallest absolute Gasteiger partial charge is 0.223 e. The Bertz CT molecular complexity index is 506. The van der Waals surface area contributed by atoms with Crippen molar-refractivity contribution >= 4 is 11.8 Å². The monoisotopic (exact) mass is 306 g/mol. The van der Waals surface area contributed by atoms with E-state index in [0.717, 1.165) is 18.5 Å². The van der Waals surface area contributed by atoms with Gasteiger partial charge in [0.15, 0.2) is 0 Å². The lowest BCUT2D eigenvalue weighted by atomic mass is 10.0. The van der Waals surface area contributed by atoms with Gasteiger partial charge in [-0.3, -0.25) is 14.3 Å². The van der Waals surface area contributed by atoms with Crippen molar-refractivity contribution in [1.82, 2.24) is 20.4 Å². The average molecular weight is 306 g/mol. The Hall–Kier alpha value is -1.85. The van der Waals surface area contributed by atoms with E-state index in [9.17, 15) is 9.59 Å². The summed E-state index contributed by atoms with van der Waals surface area (Å²) in [6.07, 6.45) is 7.51. The second kappa shape index (κ2) is 7.96. The van der Waals surface area contributed by atoms with E-state index in [1.165, 1.54) is 12.8 Å². The van der Waals surface area contributed by atoms with E-state index in [4.69, 9.17) is 0 Å². The first-order valence-corrected chi connectivity index (χ1v) is 8.16. The Morgan fingerprint density at radius 3 is 2.77 bits per heavy atom. The van der Waals surface area contributed by atoms with Crippen LogP contribution in [0.15, 0.2) is 12.3 Å². The van der Waals surface area contributed by atoms with E-state index in [0.29, 0.717) is 19.0 Å². The second-order valence-corrected chi connectivity index (χ2v) is 5.91. The molecule has 1 aliphatic carbocycles. The van der Waals surface area contributed by atoms with Crippen LogP contribution in [0.25, 0.3) is 0 Å². The summed E-state index contributed by atoms with van der Waals surface area (Å²) in [5, 5.41) is 9.92. The number of aromatic nitrogens is 2. The van der Waals surface area contributed by atoms with E-state index in [-0.39, 0.29) is 24.2 Å². The molecule has 2 N–H and O–H groups in total. The molecule has 0 radical (unpaired) electrons. The fraction of sp³-hybridized carbons (Fsp3) is 0.688. The summed E-state index contributed by atoms with van der Waals surface area (Å²) >= 11 is 0. The molecule has 1 aromatic rings. The van der Waals surface area contributed by atoms with Gasteiger partial charge in [-0.25, -0.2) is 0 Å². The lowest BCUT2D eigenvalue weighted by molar-refractivity contribution is -0.130. The standard InChI is InChI=1S/C16H26N4O2/c1-3-12(10-15(21)17-2)16(22)18-11-14-8-9-19-20(14)13-6-4-5-7-13/h8-9,12-13H,3-7,10-11H2,1-2H3,(H,17,21)(H,18,22). The van der Waals surface area contributed by atoms with Gasteiger partial charge in [-0.1, -0.05) is 19.8 Å². The molecule has 1 fully saturated rings. The first-order valence-electron chi connectivity index (χ1n) is 8.16. The van der Waals surface area contributed by atoms with Crippen molar-refractivity contribution in [2.45, 2.75) is 58.0 Å². The van der Waals surface area contributed by atoms with Gasteiger partial charge >= 0.3 is 0 Å². The highest BCUT2D eigenvalue weighted by atomic mass is 16.2. The highest BCUT2D eigenvalue weighted by Gasteiger charge is 2.22. The van der Waals surface area contributed by atoms with Crippen LogP contribution in [0.3, 0.4) is 0 Å². The molecule has 0 bridgehead atoms. The third kappa shape index (κ3) is 4.08. The maximum atomic E-state index is 12.2. The van der Waals surface area contributed by atoms with Crippen molar-refractivity contribution in [2.75, 3.05) is 7.05 Å². The minimum atomic E-state index is -0.275. The van der Waals surface area contributed by atoms with Crippen molar-refractivity contribution in [2.24, 2.45) is 5.92 Å². The van der Waals surface area contributed by atoms with Crippen molar-refractivity contribution in [1.29, 1.82) is 0 Å². The van der Waals surface area contributed by atoms with Crippen LogP contribution in [-0.4, -0.2) is 28.6 Å². The van der Waals surface area contributed by atoms with Crippen molar-refractivity contribution < 1.29 is 9.59 Å². The molecule has 6 nitrogen and oxygen atoms in total. The third-order valence-electron chi connectivity index (χ3n) is 4.44. The lowest BCUT2D eigenvalue weighted by Gasteiger charge is -2.17. The summed E-state index contributed by atoms with van der Waals surface area (Å²) in [5.74, 6) is -0.439. The van der Waals surface area contributed by atoms with Crippen molar-refractivity contribution in [3.05, 3.63) is 18.0 Å². The minimum absolute atomic E-state index is 0.0646. The maximum Gasteiger partial charge on any atom is 0.223 e. The van der Waals surface area contributed by atoms with E-state index in [1.807, 2.05) is 17.7 Å². The molecule has 0 aromatic carbocycles. The molecule has 122 valence electrons. The molecule has 1 atom stereocenters. The average Bonchev–Trinajstić information content (AvgIpc) is 3.19. The second-order valence-electron chi connectivity index (χ2n) is 5.91. The first kappa shape index (κ1) is 16.5. The quantitative estimate of drug-likeness (QED) is 0.806. The Kier molecular flexibility index (Phi) is 5.98. The third-order valence-corrected chi connectivity index (χ3v) is 4.44. The van der Waals surface area contributed by atoms with Crippen LogP contribution in [0, 0.1) is 5.92 Å². The van der Waals surface area contributed by atoms with Crippen molar-refractivity contribution in [3.63, 3.8) is 0 Å². The number of nitrogens with zero attached hydrogens (tertiary/aromatic N) is 2. The van der Waals surface area contributed by atoms with Crippen LogP contribution >= 0.6 is 0 Å². The van der Waals surface area contributed by atoms with Crippen LogP contribution in [0.4, 0.5) is 0 Å². The fourth-order valence-electron chi connectivity index (χ4n) is 3.03. The molecular formula is C16H26N4O2. The Labute approximate surface area is 131 Å². The molecule has 6 heteroatoms. The van der Waals surface area contributed by atoms with Gasteiger partial charge in [0.2, 0.25) is 11.8 Å². The zero-order chi connectivity index (χ0) is 15.9. The number of hydrogen-bond donors (Lipinski definition) is 2. The molecule has 1 unspecified atom stereocenters. The summed E-state index contributed by atoms with van der Waals surface area (Å²) in [6, 6.07) is 2.42. The Morgan fingerprint density at radius 1 is 1.41 bits per heavy atom. The zero-order valence-corrected chi connectivity index (χ0v) is 13.5. The van der Waals surface area contributed by atoms with E-state index in [2.05, 4.69) is 15.7 Å². The highest BCUT2D eigenvalue weighted by molar-refractivity contribution is 5.85. The number of carbonyl (C=O) groups is 2. The molecule has 2 amide bonds. The molecule has 22 heavy (non-hydrogen) atoms. The number of carbonyl (C=O) groups excluding carboxylic acids is 2. The normalized spacial score (nSPS) is 16.5. The van der Waals surface area contributed by atoms with Gasteiger partial charge in [-0.15, -0.1) is 0 Å². The van der Waals surface area contributed by atoms with Gasteiger partial charge < -0.3 is 10.6 Å². The van der Waals surface area contributed by atoms with E-state index >= 15 is 0 Å². The number of hydrogen-bond acceptors (Lipinski definition) is 3. The maximum absolute atomic E-state index is 12.2.